The first-order valence-corrected chi connectivity index (χ1v) is 11.5. The number of phenols is 2. The average Bonchev–Trinajstić information content (AvgIpc) is 2.77. The summed E-state index contributed by atoms with van der Waals surface area (Å²) in [6, 6.07) is 11.5. The SMILES string of the molecule is C#CN(C(=O)C(Cc1ccc(O)cc1)NC(=O)OC(C)(C)C)C(C(=O)NC(C)C)c1ccc(O)cc1. The summed E-state index contributed by atoms with van der Waals surface area (Å²) >= 11 is 0. The van der Waals surface area contributed by atoms with Gasteiger partial charge in [0.05, 0.1) is 0 Å². The lowest BCUT2D eigenvalue weighted by atomic mass is 10.0. The molecule has 2 aromatic rings. The second-order valence-corrected chi connectivity index (χ2v) is 9.56. The average molecular weight is 496 g/mol. The Bertz CT molecular complexity index is 1100. The van der Waals surface area contributed by atoms with E-state index < -0.39 is 35.6 Å². The predicted molar refractivity (Wildman–Crippen MR) is 135 cm³/mol. The van der Waals surface area contributed by atoms with Crippen LogP contribution >= 0.6 is 0 Å². The van der Waals surface area contributed by atoms with E-state index in [1.807, 2.05) is 0 Å². The molecular formula is C27H33N3O6. The summed E-state index contributed by atoms with van der Waals surface area (Å²) in [7, 11) is 0. The van der Waals surface area contributed by atoms with Crippen molar-refractivity contribution in [3.05, 3.63) is 59.7 Å². The second-order valence-electron chi connectivity index (χ2n) is 9.56. The molecule has 2 aromatic carbocycles. The highest BCUT2D eigenvalue weighted by Crippen LogP contribution is 2.25. The third-order valence-electron chi connectivity index (χ3n) is 4.89. The van der Waals surface area contributed by atoms with Gasteiger partial charge in [0, 0.05) is 18.5 Å². The van der Waals surface area contributed by atoms with E-state index in [1.165, 1.54) is 36.4 Å². The Hall–Kier alpha value is -4.19. The summed E-state index contributed by atoms with van der Waals surface area (Å²) in [6.07, 6.45) is 4.93. The molecule has 192 valence electrons. The standard InChI is InChI=1S/C27H33N3O6/c1-7-30(23(24(33)28-17(2)3)19-10-14-21(32)15-11-19)25(34)22(29-26(35)36-27(4,5)6)16-18-8-12-20(31)13-9-18/h1,8-15,17,22-23,31-32H,16H2,2-6H3,(H,28,33)(H,29,35). The summed E-state index contributed by atoms with van der Waals surface area (Å²) in [5.41, 5.74) is 0.193. The van der Waals surface area contributed by atoms with E-state index in [2.05, 4.69) is 16.7 Å². The Morgan fingerprint density at radius 3 is 1.97 bits per heavy atom. The number of amides is 3. The highest BCUT2D eigenvalue weighted by atomic mass is 16.6. The van der Waals surface area contributed by atoms with Crippen LogP contribution in [0.2, 0.25) is 0 Å². The third kappa shape index (κ3) is 8.24. The number of phenolic OH excluding ortho intramolecular Hbond substituents is 2. The van der Waals surface area contributed by atoms with E-state index in [-0.39, 0.29) is 24.0 Å². The van der Waals surface area contributed by atoms with Gasteiger partial charge in [0.15, 0.2) is 0 Å². The van der Waals surface area contributed by atoms with Crippen LogP contribution in [0.1, 0.15) is 51.8 Å². The Kier molecular flexibility index (Phi) is 9.33. The zero-order valence-electron chi connectivity index (χ0n) is 21.1. The predicted octanol–water partition coefficient (Wildman–Crippen LogP) is 3.22. The number of carbonyl (C=O) groups excluding carboxylic acids is 3. The van der Waals surface area contributed by atoms with Crippen molar-refractivity contribution < 1.29 is 29.3 Å². The van der Waals surface area contributed by atoms with Gasteiger partial charge in [-0.1, -0.05) is 30.7 Å². The van der Waals surface area contributed by atoms with Gasteiger partial charge in [-0.2, -0.15) is 0 Å². The molecule has 9 nitrogen and oxygen atoms in total. The number of hydrogen-bond acceptors (Lipinski definition) is 6. The molecule has 0 heterocycles. The van der Waals surface area contributed by atoms with Crippen molar-refractivity contribution in [3.8, 4) is 24.0 Å². The van der Waals surface area contributed by atoms with Gasteiger partial charge in [0.1, 0.15) is 29.2 Å². The quantitative estimate of drug-likeness (QED) is 0.329. The summed E-state index contributed by atoms with van der Waals surface area (Å²) in [4.78, 5) is 40.4. The Morgan fingerprint density at radius 2 is 1.50 bits per heavy atom. The number of ether oxygens (including phenoxy) is 1. The minimum Gasteiger partial charge on any atom is -0.508 e. The number of nitrogens with zero attached hydrogens (tertiary/aromatic N) is 1. The maximum atomic E-state index is 13.8. The van der Waals surface area contributed by atoms with E-state index >= 15 is 0 Å². The lowest BCUT2D eigenvalue weighted by Gasteiger charge is -2.31. The fraction of sp³-hybridized carbons (Fsp3) is 0.370. The lowest BCUT2D eigenvalue weighted by molar-refractivity contribution is -0.138. The van der Waals surface area contributed by atoms with Crippen molar-refractivity contribution in [2.24, 2.45) is 0 Å². The maximum absolute atomic E-state index is 13.8. The number of rotatable bonds is 8. The number of aromatic hydroxyl groups is 2. The van der Waals surface area contributed by atoms with Crippen molar-refractivity contribution in [1.29, 1.82) is 0 Å². The number of carbonyl (C=O) groups is 3. The van der Waals surface area contributed by atoms with Crippen LogP contribution in [0.4, 0.5) is 4.79 Å². The maximum Gasteiger partial charge on any atom is 0.408 e. The second kappa shape index (κ2) is 12.0. The smallest absolute Gasteiger partial charge is 0.408 e. The van der Waals surface area contributed by atoms with E-state index in [0.717, 1.165) is 4.90 Å². The molecule has 0 aliphatic carbocycles. The van der Waals surface area contributed by atoms with Crippen molar-refractivity contribution in [2.75, 3.05) is 0 Å². The summed E-state index contributed by atoms with van der Waals surface area (Å²) < 4.78 is 5.33. The van der Waals surface area contributed by atoms with Crippen molar-refractivity contribution >= 4 is 17.9 Å². The molecule has 0 saturated carbocycles. The third-order valence-corrected chi connectivity index (χ3v) is 4.89. The molecule has 9 heteroatoms. The van der Waals surface area contributed by atoms with Crippen LogP contribution in [0.5, 0.6) is 11.5 Å². The fourth-order valence-electron chi connectivity index (χ4n) is 3.39. The summed E-state index contributed by atoms with van der Waals surface area (Å²) in [6.45, 7) is 8.60. The van der Waals surface area contributed by atoms with E-state index in [0.29, 0.717) is 11.1 Å². The van der Waals surface area contributed by atoms with Crippen LogP contribution in [-0.4, -0.2) is 50.7 Å². The van der Waals surface area contributed by atoms with Crippen LogP contribution in [-0.2, 0) is 20.7 Å². The van der Waals surface area contributed by atoms with Crippen LogP contribution < -0.4 is 10.6 Å². The van der Waals surface area contributed by atoms with Crippen LogP contribution in [0, 0.1) is 12.5 Å². The Balaban J connectivity index is 2.47. The zero-order valence-corrected chi connectivity index (χ0v) is 21.1. The molecule has 0 aliphatic rings. The van der Waals surface area contributed by atoms with E-state index in [9.17, 15) is 24.6 Å². The fourth-order valence-corrected chi connectivity index (χ4v) is 3.39. The lowest BCUT2D eigenvalue weighted by Crippen LogP contribution is -2.52. The highest BCUT2D eigenvalue weighted by molar-refractivity contribution is 5.93. The van der Waals surface area contributed by atoms with E-state index in [4.69, 9.17) is 11.2 Å². The number of alkyl carbamates (subject to hydrolysis) is 1. The molecule has 0 saturated heterocycles. The Labute approximate surface area is 211 Å². The monoisotopic (exact) mass is 495 g/mol. The first-order chi connectivity index (χ1) is 16.8. The molecule has 0 radical (unpaired) electrons. The van der Waals surface area contributed by atoms with Crippen LogP contribution in [0.3, 0.4) is 0 Å². The number of hydrogen-bond donors (Lipinski definition) is 4. The molecule has 0 aliphatic heterocycles. The molecule has 36 heavy (non-hydrogen) atoms. The first-order valence-electron chi connectivity index (χ1n) is 11.5. The van der Waals surface area contributed by atoms with Crippen LogP contribution in [0.25, 0.3) is 0 Å². The first kappa shape index (κ1) is 28.1. The molecule has 0 bridgehead atoms. The minimum atomic E-state index is -1.23. The summed E-state index contributed by atoms with van der Waals surface area (Å²) in [5.74, 6) is -1.21. The van der Waals surface area contributed by atoms with Gasteiger partial charge in [0.2, 0.25) is 5.91 Å². The topological polar surface area (TPSA) is 128 Å². The normalized spacial score (nSPS) is 12.7. The van der Waals surface area contributed by atoms with Gasteiger partial charge in [-0.15, -0.1) is 0 Å². The molecule has 2 unspecified atom stereocenters. The summed E-state index contributed by atoms with van der Waals surface area (Å²) in [5, 5.41) is 24.6. The molecule has 3 amide bonds. The van der Waals surface area contributed by atoms with Crippen molar-refractivity contribution in [1.82, 2.24) is 15.5 Å². The van der Waals surface area contributed by atoms with Crippen LogP contribution in [0.15, 0.2) is 48.5 Å². The Morgan fingerprint density at radius 1 is 0.972 bits per heavy atom. The largest absolute Gasteiger partial charge is 0.508 e. The molecule has 2 atom stereocenters. The van der Waals surface area contributed by atoms with Gasteiger partial charge in [-0.3, -0.25) is 14.5 Å². The number of benzene rings is 2. The van der Waals surface area contributed by atoms with Gasteiger partial charge in [-0.25, -0.2) is 4.79 Å². The molecule has 0 aromatic heterocycles. The molecule has 0 spiro atoms. The van der Waals surface area contributed by atoms with Gasteiger partial charge >= 0.3 is 6.09 Å². The van der Waals surface area contributed by atoms with Gasteiger partial charge in [0.25, 0.3) is 5.91 Å². The van der Waals surface area contributed by atoms with Gasteiger partial charge < -0.3 is 25.6 Å². The molecule has 2 rings (SSSR count). The van der Waals surface area contributed by atoms with E-state index in [1.54, 1.807) is 46.8 Å². The zero-order chi connectivity index (χ0) is 27.0. The molecule has 0 fully saturated rings. The number of nitrogens with one attached hydrogen (secondary N) is 2. The minimum absolute atomic E-state index is 0.0165. The molecule has 4 N–H and O–H groups in total. The van der Waals surface area contributed by atoms with Crippen molar-refractivity contribution in [2.45, 2.75) is 64.8 Å². The number of terminal acetylenes is 1. The van der Waals surface area contributed by atoms with Gasteiger partial charge in [-0.05, 0) is 70.0 Å². The van der Waals surface area contributed by atoms with Crippen molar-refractivity contribution in [3.63, 3.8) is 0 Å². The molecular weight excluding hydrogens is 462 g/mol. The highest BCUT2D eigenvalue weighted by Gasteiger charge is 2.36.